The van der Waals surface area contributed by atoms with Gasteiger partial charge in [0.05, 0.1) is 27.1 Å². The van der Waals surface area contributed by atoms with Crippen LogP contribution in [0.3, 0.4) is 0 Å². The molecule has 1 heterocycles. The average molecular weight is 550 g/mol. The summed E-state index contributed by atoms with van der Waals surface area (Å²) in [7, 11) is 0. The minimum Gasteiger partial charge on any atom is -0.313 e. The lowest BCUT2D eigenvalue weighted by Gasteiger charge is -2.27. The summed E-state index contributed by atoms with van der Waals surface area (Å²) in [6.07, 6.45) is 0. The number of carbonyl (C=O) groups is 2. The third kappa shape index (κ3) is 6.01. The third-order valence-electron chi connectivity index (χ3n) is 6.05. The van der Waals surface area contributed by atoms with Gasteiger partial charge >= 0.3 is 6.03 Å². The van der Waals surface area contributed by atoms with Gasteiger partial charge in [0.1, 0.15) is 12.4 Å². The summed E-state index contributed by atoms with van der Waals surface area (Å²) in [6, 6.07) is 21.9. The second-order valence-corrected chi connectivity index (χ2v) is 10.0. The van der Waals surface area contributed by atoms with Gasteiger partial charge < -0.3 is 15.5 Å². The minimum atomic E-state index is -0.467. The first-order chi connectivity index (χ1) is 18.2. The number of nitrogens with one attached hydrogen (secondary N) is 2. The Kier molecular flexibility index (Phi) is 8.39. The molecule has 0 radical (unpaired) electrons. The number of rotatable bonds is 7. The molecule has 1 aromatic heterocycles. The van der Waals surface area contributed by atoms with Crippen molar-refractivity contribution in [1.82, 2.24) is 14.7 Å². The van der Waals surface area contributed by atoms with Gasteiger partial charge in [-0.15, -0.1) is 0 Å². The van der Waals surface area contributed by atoms with Crippen LogP contribution in [0.25, 0.3) is 16.8 Å². The summed E-state index contributed by atoms with van der Waals surface area (Å²) >= 11 is 12.3. The lowest BCUT2D eigenvalue weighted by atomic mass is 10.1. The number of amides is 3. The molecule has 0 aliphatic rings. The van der Waals surface area contributed by atoms with Crippen molar-refractivity contribution in [1.29, 1.82) is 0 Å². The van der Waals surface area contributed by atoms with Crippen molar-refractivity contribution >= 4 is 46.6 Å². The maximum Gasteiger partial charge on any atom is 0.322 e. The lowest BCUT2D eigenvalue weighted by molar-refractivity contribution is -0.117. The summed E-state index contributed by atoms with van der Waals surface area (Å²) in [5.74, 6) is 0.168. The van der Waals surface area contributed by atoms with E-state index in [0.29, 0.717) is 16.5 Å². The average Bonchev–Trinajstić information content (AvgIpc) is 3.21. The van der Waals surface area contributed by atoms with E-state index < -0.39 is 6.03 Å². The number of hydrogen-bond acceptors (Lipinski definition) is 3. The Balaban J connectivity index is 1.64. The van der Waals surface area contributed by atoms with Crippen LogP contribution in [0.5, 0.6) is 0 Å². The topological polar surface area (TPSA) is 79.3 Å². The number of anilines is 2. The van der Waals surface area contributed by atoms with Crippen molar-refractivity contribution in [3.8, 4) is 16.8 Å². The van der Waals surface area contributed by atoms with Gasteiger partial charge in [-0.25, -0.2) is 9.48 Å². The van der Waals surface area contributed by atoms with Crippen LogP contribution in [0.2, 0.25) is 10.0 Å². The number of aryl methyl sites for hydroxylation is 2. The fourth-order valence-corrected chi connectivity index (χ4v) is 4.42. The molecule has 0 aliphatic heterocycles. The van der Waals surface area contributed by atoms with Crippen molar-refractivity contribution in [3.05, 3.63) is 94.1 Å². The van der Waals surface area contributed by atoms with Gasteiger partial charge in [-0.2, -0.15) is 5.10 Å². The first-order valence-electron chi connectivity index (χ1n) is 12.2. The highest BCUT2D eigenvalue weighted by atomic mass is 35.5. The summed E-state index contributed by atoms with van der Waals surface area (Å²) in [5.41, 5.74) is 4.80. The van der Waals surface area contributed by atoms with E-state index >= 15 is 0 Å². The van der Waals surface area contributed by atoms with E-state index in [1.165, 1.54) is 4.90 Å². The second kappa shape index (κ2) is 11.7. The van der Waals surface area contributed by atoms with E-state index in [9.17, 15) is 9.59 Å². The Morgan fingerprint density at radius 2 is 1.61 bits per heavy atom. The molecule has 0 atom stereocenters. The van der Waals surface area contributed by atoms with Crippen LogP contribution in [0.1, 0.15) is 25.1 Å². The molecule has 3 aromatic carbocycles. The Labute approximate surface area is 232 Å². The molecule has 7 nitrogen and oxygen atoms in total. The fourth-order valence-electron chi connectivity index (χ4n) is 4.07. The molecule has 0 saturated heterocycles. The Morgan fingerprint density at radius 1 is 0.921 bits per heavy atom. The van der Waals surface area contributed by atoms with Crippen LogP contribution in [-0.4, -0.2) is 39.2 Å². The molecule has 0 spiro atoms. The van der Waals surface area contributed by atoms with Crippen LogP contribution in [0.4, 0.5) is 16.3 Å². The lowest BCUT2D eigenvalue weighted by Crippen LogP contribution is -2.44. The fraction of sp³-hybridized carbons (Fsp3) is 0.207. The smallest absolute Gasteiger partial charge is 0.313 e. The third-order valence-corrected chi connectivity index (χ3v) is 6.87. The number of urea groups is 1. The Hall–Kier alpha value is -3.81. The standard InChI is InChI=1S/C29H29Cl2N5O2/c1-18(2)35(29(38)32-24-12-8-11-23(30)27(24)31)17-25(37)33-28-26(21-9-6-5-7-10-21)20(4)34-36(28)22-15-13-19(3)14-16-22/h5-16,18H,17H2,1-4H3,(H,32,38)(H,33,37). The van der Waals surface area contributed by atoms with Gasteiger partial charge in [0.15, 0.2) is 0 Å². The highest BCUT2D eigenvalue weighted by molar-refractivity contribution is 6.44. The maximum absolute atomic E-state index is 13.4. The Bertz CT molecular complexity index is 1450. The van der Waals surface area contributed by atoms with E-state index in [0.717, 1.165) is 28.1 Å². The van der Waals surface area contributed by atoms with E-state index in [-0.39, 0.29) is 23.5 Å². The van der Waals surface area contributed by atoms with Crippen LogP contribution < -0.4 is 10.6 Å². The van der Waals surface area contributed by atoms with Crippen LogP contribution in [-0.2, 0) is 4.79 Å². The zero-order valence-electron chi connectivity index (χ0n) is 21.6. The molecular formula is C29H29Cl2N5O2. The highest BCUT2D eigenvalue weighted by Gasteiger charge is 2.25. The van der Waals surface area contributed by atoms with E-state index in [1.54, 1.807) is 22.9 Å². The minimum absolute atomic E-state index is 0.186. The predicted molar refractivity (Wildman–Crippen MR) is 154 cm³/mol. The molecular weight excluding hydrogens is 521 g/mol. The van der Waals surface area contributed by atoms with Gasteiger partial charge in [-0.3, -0.25) is 4.79 Å². The van der Waals surface area contributed by atoms with E-state index in [2.05, 4.69) is 10.6 Å². The molecule has 0 saturated carbocycles. The van der Waals surface area contributed by atoms with E-state index in [1.807, 2.05) is 82.3 Å². The molecule has 0 unspecified atom stereocenters. The second-order valence-electron chi connectivity index (χ2n) is 9.22. The molecule has 9 heteroatoms. The molecule has 0 fully saturated rings. The Morgan fingerprint density at radius 3 is 2.26 bits per heavy atom. The van der Waals surface area contributed by atoms with Crippen LogP contribution >= 0.6 is 23.2 Å². The largest absolute Gasteiger partial charge is 0.322 e. The molecule has 2 N–H and O–H groups in total. The number of hydrogen-bond donors (Lipinski definition) is 2. The summed E-state index contributed by atoms with van der Waals surface area (Å²) in [6.45, 7) is 7.41. The summed E-state index contributed by atoms with van der Waals surface area (Å²) in [4.78, 5) is 28.0. The normalized spacial score (nSPS) is 10.9. The van der Waals surface area contributed by atoms with Crippen molar-refractivity contribution in [2.24, 2.45) is 0 Å². The van der Waals surface area contributed by atoms with Gasteiger partial charge in [-0.05, 0) is 57.5 Å². The molecule has 4 rings (SSSR count). The monoisotopic (exact) mass is 549 g/mol. The first kappa shape index (κ1) is 27.2. The number of carbonyl (C=O) groups excluding carboxylic acids is 2. The molecule has 196 valence electrons. The first-order valence-corrected chi connectivity index (χ1v) is 12.9. The van der Waals surface area contributed by atoms with Crippen molar-refractivity contribution in [2.75, 3.05) is 17.2 Å². The van der Waals surface area contributed by atoms with Crippen LogP contribution in [0.15, 0.2) is 72.8 Å². The highest BCUT2D eigenvalue weighted by Crippen LogP contribution is 2.34. The number of halogens is 2. The van der Waals surface area contributed by atoms with E-state index in [4.69, 9.17) is 28.3 Å². The molecule has 0 bridgehead atoms. The number of aromatic nitrogens is 2. The predicted octanol–water partition coefficient (Wildman–Crippen LogP) is 7.34. The summed E-state index contributed by atoms with van der Waals surface area (Å²) in [5, 5.41) is 11.1. The number of nitrogens with zero attached hydrogens (tertiary/aromatic N) is 3. The van der Waals surface area contributed by atoms with Gasteiger partial charge in [-0.1, -0.05) is 77.3 Å². The maximum atomic E-state index is 13.4. The molecule has 0 aliphatic carbocycles. The molecule has 3 amide bonds. The van der Waals surface area contributed by atoms with Crippen molar-refractivity contribution in [3.63, 3.8) is 0 Å². The van der Waals surface area contributed by atoms with Crippen molar-refractivity contribution < 1.29 is 9.59 Å². The zero-order valence-corrected chi connectivity index (χ0v) is 23.1. The molecule has 38 heavy (non-hydrogen) atoms. The van der Waals surface area contributed by atoms with Crippen LogP contribution in [0, 0.1) is 13.8 Å². The molecule has 4 aromatic rings. The summed E-state index contributed by atoms with van der Waals surface area (Å²) < 4.78 is 1.72. The van der Waals surface area contributed by atoms with Gasteiger partial charge in [0.2, 0.25) is 5.91 Å². The number of benzene rings is 3. The van der Waals surface area contributed by atoms with Gasteiger partial charge in [0, 0.05) is 11.6 Å². The van der Waals surface area contributed by atoms with Gasteiger partial charge in [0.25, 0.3) is 0 Å². The van der Waals surface area contributed by atoms with Crippen molar-refractivity contribution in [2.45, 2.75) is 33.7 Å². The SMILES string of the molecule is Cc1ccc(-n2nc(C)c(-c3ccccc3)c2NC(=O)CN(C(=O)Nc2cccc(Cl)c2Cl)C(C)C)cc1. The zero-order chi connectivity index (χ0) is 27.4. The quantitative estimate of drug-likeness (QED) is 0.253.